The zero-order valence-corrected chi connectivity index (χ0v) is 11.9. The summed E-state index contributed by atoms with van der Waals surface area (Å²) >= 11 is 0. The first-order valence-corrected chi connectivity index (χ1v) is 7.28. The van der Waals surface area contributed by atoms with Gasteiger partial charge >= 0.3 is 5.97 Å². The maximum atomic E-state index is 12.1. The van der Waals surface area contributed by atoms with Crippen molar-refractivity contribution in [2.24, 2.45) is 0 Å². The molecule has 5 heteroatoms. The Morgan fingerprint density at radius 2 is 1.43 bits per heavy atom. The molecule has 0 radical (unpaired) electrons. The van der Waals surface area contributed by atoms with Crippen LogP contribution in [0.5, 0.6) is 0 Å². The van der Waals surface area contributed by atoms with Gasteiger partial charge in [-0.1, -0.05) is 31.4 Å². The molecule has 1 N–H and O–H groups in total. The summed E-state index contributed by atoms with van der Waals surface area (Å²) in [5.74, 6) is -1.18. The number of hydrogen-bond acceptors (Lipinski definition) is 3. The Morgan fingerprint density at radius 3 is 2.00 bits per heavy atom. The predicted octanol–water partition coefficient (Wildman–Crippen LogP) is 2.71. The minimum atomic E-state index is -0.763. The summed E-state index contributed by atoms with van der Waals surface area (Å²) in [4.78, 5) is 35.8. The number of nitrogens with zero attached hydrogens (tertiary/aromatic N) is 1. The number of carboxylic acids is 1. The Bertz CT molecular complexity index is 518. The van der Waals surface area contributed by atoms with E-state index in [0.717, 1.165) is 25.7 Å². The molecule has 2 rings (SSSR count). The molecular weight excluding hydrogens is 270 g/mol. The van der Waals surface area contributed by atoms with Crippen molar-refractivity contribution in [3.63, 3.8) is 0 Å². The van der Waals surface area contributed by atoms with E-state index in [2.05, 4.69) is 0 Å². The molecule has 112 valence electrons. The van der Waals surface area contributed by atoms with Crippen LogP contribution in [0.2, 0.25) is 0 Å². The Morgan fingerprint density at radius 1 is 0.905 bits per heavy atom. The van der Waals surface area contributed by atoms with Crippen molar-refractivity contribution in [2.45, 2.75) is 38.5 Å². The molecule has 0 bridgehead atoms. The quantitative estimate of drug-likeness (QED) is 0.590. The van der Waals surface area contributed by atoms with Gasteiger partial charge in [0.15, 0.2) is 0 Å². The lowest BCUT2D eigenvalue weighted by Crippen LogP contribution is -2.30. The minimum Gasteiger partial charge on any atom is -0.481 e. The van der Waals surface area contributed by atoms with Gasteiger partial charge in [0.25, 0.3) is 11.8 Å². The number of imide groups is 1. The average molecular weight is 289 g/mol. The van der Waals surface area contributed by atoms with Crippen molar-refractivity contribution in [3.8, 4) is 0 Å². The predicted molar refractivity (Wildman–Crippen MR) is 77.1 cm³/mol. The summed E-state index contributed by atoms with van der Waals surface area (Å²) in [5.41, 5.74) is 0.980. The smallest absolute Gasteiger partial charge is 0.303 e. The fraction of sp³-hybridized carbons (Fsp3) is 0.438. The van der Waals surface area contributed by atoms with Gasteiger partial charge < -0.3 is 5.11 Å². The van der Waals surface area contributed by atoms with Crippen LogP contribution in [-0.4, -0.2) is 34.3 Å². The molecule has 0 saturated heterocycles. The maximum absolute atomic E-state index is 12.1. The molecule has 1 aromatic rings. The van der Waals surface area contributed by atoms with Crippen LogP contribution in [0.4, 0.5) is 0 Å². The van der Waals surface area contributed by atoms with Crippen LogP contribution in [0.25, 0.3) is 0 Å². The highest BCUT2D eigenvalue weighted by molar-refractivity contribution is 6.21. The van der Waals surface area contributed by atoms with E-state index in [-0.39, 0.29) is 18.2 Å². The lowest BCUT2D eigenvalue weighted by Gasteiger charge is -2.13. The van der Waals surface area contributed by atoms with Crippen LogP contribution in [0.1, 0.15) is 59.2 Å². The zero-order chi connectivity index (χ0) is 15.2. The highest BCUT2D eigenvalue weighted by atomic mass is 16.4. The molecule has 0 saturated carbocycles. The Hall–Kier alpha value is -2.17. The number of hydrogen-bond donors (Lipinski definition) is 1. The minimum absolute atomic E-state index is 0.207. The number of carboxylic acid groups (broad SMARTS) is 1. The second-order valence-electron chi connectivity index (χ2n) is 5.22. The van der Waals surface area contributed by atoms with E-state index in [4.69, 9.17) is 5.11 Å². The van der Waals surface area contributed by atoms with Crippen molar-refractivity contribution in [2.75, 3.05) is 6.54 Å². The first-order chi connectivity index (χ1) is 10.1. The van der Waals surface area contributed by atoms with Gasteiger partial charge in [0.2, 0.25) is 0 Å². The zero-order valence-electron chi connectivity index (χ0n) is 11.9. The van der Waals surface area contributed by atoms with Crippen LogP contribution < -0.4 is 0 Å². The van der Waals surface area contributed by atoms with E-state index in [0.29, 0.717) is 24.1 Å². The Labute approximate surface area is 123 Å². The normalized spacial score (nSPS) is 13.6. The van der Waals surface area contributed by atoms with Crippen molar-refractivity contribution in [1.29, 1.82) is 0 Å². The maximum Gasteiger partial charge on any atom is 0.303 e. The number of aliphatic carboxylic acids is 1. The first kappa shape index (κ1) is 15.2. The van der Waals surface area contributed by atoms with Gasteiger partial charge in [-0.05, 0) is 25.0 Å². The second-order valence-corrected chi connectivity index (χ2v) is 5.22. The largest absolute Gasteiger partial charge is 0.481 e. The number of carbonyl (C=O) groups excluding carboxylic acids is 2. The molecule has 0 aliphatic carbocycles. The number of fused-ring (bicyclic) bond motifs is 1. The molecule has 1 aliphatic heterocycles. The average Bonchev–Trinajstić information content (AvgIpc) is 2.71. The van der Waals surface area contributed by atoms with E-state index < -0.39 is 5.97 Å². The fourth-order valence-electron chi connectivity index (χ4n) is 2.52. The molecule has 1 aromatic carbocycles. The number of benzene rings is 1. The van der Waals surface area contributed by atoms with E-state index in [9.17, 15) is 14.4 Å². The molecule has 1 aliphatic rings. The van der Waals surface area contributed by atoms with Crippen molar-refractivity contribution in [3.05, 3.63) is 35.4 Å². The monoisotopic (exact) mass is 289 g/mol. The highest BCUT2D eigenvalue weighted by Crippen LogP contribution is 2.22. The third kappa shape index (κ3) is 3.68. The molecule has 5 nitrogen and oxygen atoms in total. The molecule has 2 amide bonds. The number of rotatable bonds is 8. The third-order valence-electron chi connectivity index (χ3n) is 3.65. The number of carbonyl (C=O) groups is 3. The van der Waals surface area contributed by atoms with Gasteiger partial charge in [-0.2, -0.15) is 0 Å². The summed E-state index contributed by atoms with van der Waals surface area (Å²) in [5, 5.41) is 8.52. The van der Waals surface area contributed by atoms with Crippen molar-refractivity contribution in [1.82, 2.24) is 4.90 Å². The van der Waals surface area contributed by atoms with Gasteiger partial charge in [0.05, 0.1) is 11.1 Å². The SMILES string of the molecule is O=C(O)CCCCCCCN1C(=O)c2ccccc2C1=O. The van der Waals surface area contributed by atoms with Crippen LogP contribution in [0.3, 0.4) is 0 Å². The summed E-state index contributed by atoms with van der Waals surface area (Å²) in [6.45, 7) is 0.436. The highest BCUT2D eigenvalue weighted by Gasteiger charge is 2.34. The van der Waals surface area contributed by atoms with Gasteiger partial charge in [-0.15, -0.1) is 0 Å². The molecule has 0 aromatic heterocycles. The Balaban J connectivity index is 1.72. The Kier molecular flexibility index (Phi) is 5.09. The molecule has 21 heavy (non-hydrogen) atoms. The van der Waals surface area contributed by atoms with Gasteiger partial charge in [-0.3, -0.25) is 19.3 Å². The van der Waals surface area contributed by atoms with Crippen molar-refractivity contribution >= 4 is 17.8 Å². The van der Waals surface area contributed by atoms with Gasteiger partial charge in [0.1, 0.15) is 0 Å². The molecule has 1 heterocycles. The molecule has 0 unspecified atom stereocenters. The number of amides is 2. The molecule has 0 spiro atoms. The van der Waals surface area contributed by atoms with Crippen LogP contribution in [-0.2, 0) is 4.79 Å². The van der Waals surface area contributed by atoms with E-state index in [1.165, 1.54) is 4.90 Å². The first-order valence-electron chi connectivity index (χ1n) is 7.28. The molecule has 0 atom stereocenters. The lowest BCUT2D eigenvalue weighted by atomic mass is 10.1. The van der Waals surface area contributed by atoms with Gasteiger partial charge in [0, 0.05) is 13.0 Å². The molecular formula is C16H19NO4. The van der Waals surface area contributed by atoms with Crippen LogP contribution in [0, 0.1) is 0 Å². The van der Waals surface area contributed by atoms with E-state index in [1.807, 2.05) is 0 Å². The summed E-state index contributed by atoms with van der Waals surface area (Å²) < 4.78 is 0. The summed E-state index contributed by atoms with van der Waals surface area (Å²) in [6, 6.07) is 6.88. The van der Waals surface area contributed by atoms with E-state index >= 15 is 0 Å². The standard InChI is InChI=1S/C16H19NO4/c18-14(19)10-4-2-1-3-7-11-17-15(20)12-8-5-6-9-13(12)16(17)21/h5-6,8-9H,1-4,7,10-11H2,(H,18,19). The van der Waals surface area contributed by atoms with Gasteiger partial charge in [-0.25, -0.2) is 0 Å². The van der Waals surface area contributed by atoms with E-state index in [1.54, 1.807) is 24.3 Å². The molecule has 0 fully saturated rings. The fourth-order valence-corrected chi connectivity index (χ4v) is 2.52. The van der Waals surface area contributed by atoms with Crippen molar-refractivity contribution < 1.29 is 19.5 Å². The summed E-state index contributed by atoms with van der Waals surface area (Å²) in [7, 11) is 0. The third-order valence-corrected chi connectivity index (χ3v) is 3.65. The topological polar surface area (TPSA) is 74.7 Å². The van der Waals surface area contributed by atoms with Crippen LogP contribution in [0.15, 0.2) is 24.3 Å². The number of unbranched alkanes of at least 4 members (excludes halogenated alkanes) is 4. The van der Waals surface area contributed by atoms with Crippen LogP contribution >= 0.6 is 0 Å². The summed E-state index contributed by atoms with van der Waals surface area (Å²) in [6.07, 6.45) is 4.34. The second kappa shape index (κ2) is 7.02. The lowest BCUT2D eigenvalue weighted by molar-refractivity contribution is -0.137.